The lowest BCUT2D eigenvalue weighted by Gasteiger charge is -2.16. The fourth-order valence-corrected chi connectivity index (χ4v) is 1.91. The van der Waals surface area contributed by atoms with E-state index in [0.29, 0.717) is 0 Å². The Labute approximate surface area is 101 Å². The third-order valence-electron chi connectivity index (χ3n) is 2.76. The maximum Gasteiger partial charge on any atom is 0.0693 e. The van der Waals surface area contributed by atoms with Gasteiger partial charge in [0.05, 0.1) is 13.2 Å². The van der Waals surface area contributed by atoms with E-state index in [-0.39, 0.29) is 0 Å². The third-order valence-corrected chi connectivity index (χ3v) is 3.17. The molecule has 86 valence electrons. The SMILES string of the molecule is Cc1c(Cl)cccc1NCC1=CCCOC1. The standard InChI is InChI=1S/C13H16ClNO/c1-10-12(14)5-2-6-13(10)15-8-11-4-3-7-16-9-11/h2,4-6,15H,3,7-9H2,1H3. The number of hydrogen-bond acceptors (Lipinski definition) is 2. The summed E-state index contributed by atoms with van der Waals surface area (Å²) in [6.45, 7) is 4.45. The molecule has 0 unspecified atom stereocenters. The molecular weight excluding hydrogens is 222 g/mol. The molecule has 0 atom stereocenters. The van der Waals surface area contributed by atoms with Gasteiger partial charge in [-0.05, 0) is 36.6 Å². The smallest absolute Gasteiger partial charge is 0.0693 e. The zero-order valence-electron chi connectivity index (χ0n) is 9.42. The second-order valence-corrected chi connectivity index (χ2v) is 4.38. The number of ether oxygens (including phenoxy) is 1. The van der Waals surface area contributed by atoms with Gasteiger partial charge >= 0.3 is 0 Å². The minimum absolute atomic E-state index is 0.743. The van der Waals surface area contributed by atoms with Gasteiger partial charge in [0.15, 0.2) is 0 Å². The number of rotatable bonds is 3. The van der Waals surface area contributed by atoms with E-state index in [0.717, 1.165) is 42.5 Å². The average Bonchev–Trinajstić information content (AvgIpc) is 2.32. The summed E-state index contributed by atoms with van der Waals surface area (Å²) in [5.74, 6) is 0. The van der Waals surface area contributed by atoms with E-state index >= 15 is 0 Å². The topological polar surface area (TPSA) is 21.3 Å². The van der Waals surface area contributed by atoms with Gasteiger partial charge in [0.25, 0.3) is 0 Å². The number of halogens is 1. The number of hydrogen-bond donors (Lipinski definition) is 1. The first-order chi connectivity index (χ1) is 7.77. The van der Waals surface area contributed by atoms with Crippen LogP contribution in [0.5, 0.6) is 0 Å². The summed E-state index contributed by atoms with van der Waals surface area (Å²) in [5.41, 5.74) is 3.51. The zero-order valence-corrected chi connectivity index (χ0v) is 10.2. The van der Waals surface area contributed by atoms with E-state index in [9.17, 15) is 0 Å². The van der Waals surface area contributed by atoms with Crippen LogP contribution in [-0.2, 0) is 4.74 Å². The highest BCUT2D eigenvalue weighted by Crippen LogP contribution is 2.23. The first-order valence-electron chi connectivity index (χ1n) is 5.52. The minimum atomic E-state index is 0.743. The Balaban J connectivity index is 1.99. The molecule has 0 spiro atoms. The first-order valence-corrected chi connectivity index (χ1v) is 5.90. The largest absolute Gasteiger partial charge is 0.381 e. The van der Waals surface area contributed by atoms with Gasteiger partial charge in [0.2, 0.25) is 0 Å². The molecule has 16 heavy (non-hydrogen) atoms. The second kappa shape index (κ2) is 5.37. The molecular formula is C13H16ClNO. The Hall–Kier alpha value is -0.990. The zero-order chi connectivity index (χ0) is 11.4. The van der Waals surface area contributed by atoms with Crippen molar-refractivity contribution in [2.24, 2.45) is 0 Å². The van der Waals surface area contributed by atoms with Crippen LogP contribution in [0.15, 0.2) is 29.8 Å². The molecule has 1 aliphatic rings. The second-order valence-electron chi connectivity index (χ2n) is 3.97. The molecule has 0 saturated heterocycles. The highest BCUT2D eigenvalue weighted by Gasteiger charge is 2.05. The van der Waals surface area contributed by atoms with Gasteiger partial charge in [-0.1, -0.05) is 23.7 Å². The van der Waals surface area contributed by atoms with Gasteiger partial charge in [0.1, 0.15) is 0 Å². The van der Waals surface area contributed by atoms with Gasteiger partial charge < -0.3 is 10.1 Å². The predicted octanol–water partition coefficient (Wildman–Crippen LogP) is 3.41. The number of nitrogens with one attached hydrogen (secondary N) is 1. The Bertz CT molecular complexity index is 401. The molecule has 1 N–H and O–H groups in total. The van der Waals surface area contributed by atoms with Crippen LogP contribution in [0.3, 0.4) is 0 Å². The molecule has 0 amide bonds. The molecule has 0 aliphatic carbocycles. The maximum absolute atomic E-state index is 6.06. The van der Waals surface area contributed by atoms with Gasteiger partial charge in [-0.15, -0.1) is 0 Å². The summed E-state index contributed by atoms with van der Waals surface area (Å²) in [4.78, 5) is 0. The number of anilines is 1. The van der Waals surface area contributed by atoms with E-state index in [1.54, 1.807) is 0 Å². The molecule has 1 aromatic rings. The van der Waals surface area contributed by atoms with Crippen LogP contribution in [0.25, 0.3) is 0 Å². The van der Waals surface area contributed by atoms with E-state index < -0.39 is 0 Å². The predicted molar refractivity (Wildman–Crippen MR) is 68.2 cm³/mol. The van der Waals surface area contributed by atoms with Crippen LogP contribution in [0.2, 0.25) is 5.02 Å². The molecule has 1 heterocycles. The van der Waals surface area contributed by atoms with Gasteiger partial charge in [-0.25, -0.2) is 0 Å². The van der Waals surface area contributed by atoms with Gasteiger partial charge in [-0.3, -0.25) is 0 Å². The van der Waals surface area contributed by atoms with Crippen molar-refractivity contribution in [2.45, 2.75) is 13.3 Å². The van der Waals surface area contributed by atoms with Crippen molar-refractivity contribution in [2.75, 3.05) is 25.1 Å². The van der Waals surface area contributed by atoms with Crippen LogP contribution in [0.4, 0.5) is 5.69 Å². The van der Waals surface area contributed by atoms with E-state index in [1.807, 2.05) is 25.1 Å². The summed E-state index contributed by atoms with van der Waals surface area (Å²) in [7, 11) is 0. The van der Waals surface area contributed by atoms with Crippen molar-refractivity contribution < 1.29 is 4.74 Å². The van der Waals surface area contributed by atoms with Crippen LogP contribution in [0.1, 0.15) is 12.0 Å². The highest BCUT2D eigenvalue weighted by molar-refractivity contribution is 6.31. The van der Waals surface area contributed by atoms with E-state index in [4.69, 9.17) is 16.3 Å². The van der Waals surface area contributed by atoms with E-state index in [2.05, 4.69) is 11.4 Å². The summed E-state index contributed by atoms with van der Waals surface area (Å²) < 4.78 is 5.39. The average molecular weight is 238 g/mol. The van der Waals surface area contributed by atoms with Crippen molar-refractivity contribution >= 4 is 17.3 Å². The van der Waals surface area contributed by atoms with Crippen molar-refractivity contribution in [1.82, 2.24) is 0 Å². The quantitative estimate of drug-likeness (QED) is 0.814. The number of benzene rings is 1. The summed E-state index contributed by atoms with van der Waals surface area (Å²) in [6, 6.07) is 5.92. The summed E-state index contributed by atoms with van der Waals surface area (Å²) >= 11 is 6.06. The van der Waals surface area contributed by atoms with Gasteiger partial charge in [-0.2, -0.15) is 0 Å². The summed E-state index contributed by atoms with van der Waals surface area (Å²) in [5, 5.41) is 4.20. The van der Waals surface area contributed by atoms with Crippen LogP contribution < -0.4 is 5.32 Å². The third kappa shape index (κ3) is 2.77. The Morgan fingerprint density at radius 2 is 2.31 bits per heavy atom. The lowest BCUT2D eigenvalue weighted by Crippen LogP contribution is -2.14. The van der Waals surface area contributed by atoms with Gasteiger partial charge in [0, 0.05) is 17.3 Å². The maximum atomic E-state index is 6.06. The van der Waals surface area contributed by atoms with Crippen LogP contribution in [0, 0.1) is 6.92 Å². The fraction of sp³-hybridized carbons (Fsp3) is 0.385. The minimum Gasteiger partial charge on any atom is -0.381 e. The molecule has 0 saturated carbocycles. The molecule has 3 heteroatoms. The van der Waals surface area contributed by atoms with Crippen LogP contribution >= 0.6 is 11.6 Å². The normalized spacial score (nSPS) is 15.8. The molecule has 0 fully saturated rings. The molecule has 1 aromatic carbocycles. The molecule has 2 nitrogen and oxygen atoms in total. The van der Waals surface area contributed by atoms with Crippen LogP contribution in [-0.4, -0.2) is 19.8 Å². The van der Waals surface area contributed by atoms with Crippen molar-refractivity contribution in [3.05, 3.63) is 40.4 Å². The Morgan fingerprint density at radius 3 is 3.06 bits per heavy atom. The van der Waals surface area contributed by atoms with Crippen molar-refractivity contribution in [3.63, 3.8) is 0 Å². The Morgan fingerprint density at radius 1 is 1.44 bits per heavy atom. The van der Waals surface area contributed by atoms with Crippen molar-refractivity contribution in [3.8, 4) is 0 Å². The van der Waals surface area contributed by atoms with Crippen molar-refractivity contribution in [1.29, 1.82) is 0 Å². The monoisotopic (exact) mass is 237 g/mol. The fourth-order valence-electron chi connectivity index (χ4n) is 1.74. The summed E-state index contributed by atoms with van der Waals surface area (Å²) in [6.07, 6.45) is 3.27. The molecule has 0 bridgehead atoms. The molecule has 2 rings (SSSR count). The molecule has 0 aromatic heterocycles. The lowest BCUT2D eigenvalue weighted by molar-refractivity contribution is 0.150. The Kier molecular flexibility index (Phi) is 3.86. The highest BCUT2D eigenvalue weighted by atomic mass is 35.5. The van der Waals surface area contributed by atoms with E-state index in [1.165, 1.54) is 5.57 Å². The first kappa shape index (κ1) is 11.5. The molecule has 0 radical (unpaired) electrons. The lowest BCUT2D eigenvalue weighted by atomic mass is 10.1. The molecule has 1 aliphatic heterocycles.